The molecule has 2 rings (SSSR count). The summed E-state index contributed by atoms with van der Waals surface area (Å²) in [5.41, 5.74) is 1.36. The molecule has 18 heavy (non-hydrogen) atoms. The maximum atomic E-state index is 2.50. The molecule has 100 valence electrons. The Balaban J connectivity index is 1.91. The third kappa shape index (κ3) is 3.49. The lowest BCUT2D eigenvalue weighted by Gasteiger charge is -2.39. The largest absolute Gasteiger partial charge is 0.366 e. The summed E-state index contributed by atoms with van der Waals surface area (Å²) < 4.78 is 1.27. The van der Waals surface area contributed by atoms with E-state index in [2.05, 4.69) is 49.2 Å². The number of hydrogen-bond donors (Lipinski definition) is 0. The lowest BCUT2D eigenvalue weighted by Crippen LogP contribution is -2.51. The van der Waals surface area contributed by atoms with Crippen LogP contribution >= 0.6 is 0 Å². The number of hydrogen-bond acceptors (Lipinski definition) is 1. The van der Waals surface area contributed by atoms with Gasteiger partial charge in [-0.25, -0.2) is 0 Å². The third-order valence-electron chi connectivity index (χ3n) is 4.31. The van der Waals surface area contributed by atoms with Crippen molar-refractivity contribution < 1.29 is 4.48 Å². The summed E-state index contributed by atoms with van der Waals surface area (Å²) in [5.74, 6) is 0. The first-order valence-electron chi connectivity index (χ1n) is 7.37. The number of rotatable bonds is 5. The Hall–Kier alpha value is -1.02. The molecule has 0 radical (unpaired) electrons. The van der Waals surface area contributed by atoms with E-state index in [4.69, 9.17) is 0 Å². The van der Waals surface area contributed by atoms with Crippen molar-refractivity contribution >= 4 is 5.69 Å². The van der Waals surface area contributed by atoms with Crippen molar-refractivity contribution in [2.45, 2.75) is 26.2 Å². The highest BCUT2D eigenvalue weighted by atomic mass is 15.3. The monoisotopic (exact) mass is 247 g/mol. The Morgan fingerprint density at radius 2 is 1.72 bits per heavy atom. The van der Waals surface area contributed by atoms with Gasteiger partial charge in [0.05, 0.1) is 33.2 Å². The zero-order valence-electron chi connectivity index (χ0n) is 11.9. The number of piperidine rings is 1. The van der Waals surface area contributed by atoms with Crippen LogP contribution in [0.15, 0.2) is 30.3 Å². The zero-order chi connectivity index (χ0) is 12.8. The third-order valence-corrected chi connectivity index (χ3v) is 4.31. The minimum atomic E-state index is 1.10. The molecule has 1 aromatic rings. The molecule has 0 bridgehead atoms. The second-order valence-corrected chi connectivity index (χ2v) is 5.77. The predicted octanol–water partition coefficient (Wildman–Crippen LogP) is 3.14. The number of quaternary nitrogens is 1. The van der Waals surface area contributed by atoms with Gasteiger partial charge in [-0.05, 0) is 38.3 Å². The van der Waals surface area contributed by atoms with Crippen LogP contribution in [0.2, 0.25) is 0 Å². The minimum absolute atomic E-state index is 1.10. The first-order chi connectivity index (χ1) is 8.73. The molecule has 0 unspecified atom stereocenters. The highest BCUT2D eigenvalue weighted by Gasteiger charge is 2.24. The maximum absolute atomic E-state index is 2.50. The Morgan fingerprint density at radius 1 is 1.06 bits per heavy atom. The normalized spacial score (nSPS) is 18.6. The number of anilines is 1. The van der Waals surface area contributed by atoms with Crippen LogP contribution in [0.4, 0.5) is 5.69 Å². The van der Waals surface area contributed by atoms with E-state index >= 15 is 0 Å². The number of nitrogens with zero attached hydrogens (tertiary/aromatic N) is 2. The van der Waals surface area contributed by atoms with Gasteiger partial charge in [-0.15, -0.1) is 0 Å². The van der Waals surface area contributed by atoms with Gasteiger partial charge in [-0.1, -0.05) is 18.2 Å². The summed E-state index contributed by atoms with van der Waals surface area (Å²) in [6.45, 7) is 8.55. The molecule has 0 aromatic heterocycles. The second-order valence-electron chi connectivity index (χ2n) is 5.77. The highest BCUT2D eigenvalue weighted by Crippen LogP contribution is 2.18. The smallest absolute Gasteiger partial charge is 0.0962 e. The van der Waals surface area contributed by atoms with Crippen LogP contribution in [0.1, 0.15) is 26.2 Å². The van der Waals surface area contributed by atoms with Crippen molar-refractivity contribution in [2.75, 3.05) is 44.7 Å². The van der Waals surface area contributed by atoms with E-state index in [0.717, 1.165) is 6.54 Å². The van der Waals surface area contributed by atoms with Crippen LogP contribution in [-0.2, 0) is 0 Å². The van der Waals surface area contributed by atoms with Crippen molar-refractivity contribution in [1.82, 2.24) is 0 Å². The lowest BCUT2D eigenvalue weighted by molar-refractivity contribution is -0.912. The molecule has 0 aliphatic carbocycles. The van der Waals surface area contributed by atoms with Gasteiger partial charge in [0.15, 0.2) is 0 Å². The van der Waals surface area contributed by atoms with Crippen LogP contribution in [-0.4, -0.2) is 44.3 Å². The number of benzene rings is 1. The molecule has 1 fully saturated rings. The fraction of sp³-hybridized carbons (Fsp3) is 0.625. The van der Waals surface area contributed by atoms with Crippen molar-refractivity contribution in [1.29, 1.82) is 0 Å². The maximum Gasteiger partial charge on any atom is 0.0962 e. The van der Waals surface area contributed by atoms with Crippen molar-refractivity contribution in [3.63, 3.8) is 0 Å². The number of likely N-dealkylation sites (N-methyl/N-ethyl adjacent to an activating group) is 2. The summed E-state index contributed by atoms with van der Waals surface area (Å²) in [7, 11) is 2.43. The molecule has 1 aromatic carbocycles. The summed E-state index contributed by atoms with van der Waals surface area (Å²) in [6, 6.07) is 10.8. The fourth-order valence-corrected chi connectivity index (χ4v) is 2.97. The first-order valence-corrected chi connectivity index (χ1v) is 7.37. The average Bonchev–Trinajstić information content (AvgIpc) is 2.41. The van der Waals surface area contributed by atoms with Gasteiger partial charge in [0.1, 0.15) is 0 Å². The molecule has 2 nitrogen and oxygen atoms in total. The molecule has 2 heteroatoms. The van der Waals surface area contributed by atoms with E-state index < -0.39 is 0 Å². The van der Waals surface area contributed by atoms with Crippen molar-refractivity contribution in [3.05, 3.63) is 30.3 Å². The molecule has 0 atom stereocenters. The topological polar surface area (TPSA) is 3.24 Å². The Kier molecular flexibility index (Phi) is 4.65. The molecular weight excluding hydrogens is 220 g/mol. The van der Waals surface area contributed by atoms with Crippen LogP contribution < -0.4 is 4.90 Å². The van der Waals surface area contributed by atoms with Crippen LogP contribution in [0.25, 0.3) is 0 Å². The number of likely N-dealkylation sites (tertiary alicyclic amines) is 1. The average molecular weight is 247 g/mol. The molecule has 1 saturated heterocycles. The first kappa shape index (κ1) is 13.4. The molecule has 1 heterocycles. The van der Waals surface area contributed by atoms with E-state index in [1.165, 1.54) is 55.6 Å². The standard InChI is InChI=1S/C16H27N2/c1-3-17(16-10-6-4-7-11-16)12-15-18(2)13-8-5-9-14-18/h4,6-7,10-11H,3,5,8-9,12-15H2,1-2H3/q+1. The van der Waals surface area contributed by atoms with E-state index in [1.54, 1.807) is 0 Å². The van der Waals surface area contributed by atoms with Crippen LogP contribution in [0.5, 0.6) is 0 Å². The molecule has 1 aliphatic rings. The van der Waals surface area contributed by atoms with Gasteiger partial charge in [0.25, 0.3) is 0 Å². The van der Waals surface area contributed by atoms with Crippen molar-refractivity contribution in [3.8, 4) is 0 Å². The van der Waals surface area contributed by atoms with Gasteiger partial charge in [0, 0.05) is 12.2 Å². The Morgan fingerprint density at radius 3 is 2.33 bits per heavy atom. The second kappa shape index (κ2) is 6.24. The highest BCUT2D eigenvalue weighted by molar-refractivity contribution is 5.45. The number of para-hydroxylation sites is 1. The fourth-order valence-electron chi connectivity index (χ4n) is 2.97. The minimum Gasteiger partial charge on any atom is -0.366 e. The zero-order valence-corrected chi connectivity index (χ0v) is 11.9. The summed E-state index contributed by atoms with van der Waals surface area (Å²) >= 11 is 0. The Labute approximate surface area is 112 Å². The van der Waals surface area contributed by atoms with E-state index in [-0.39, 0.29) is 0 Å². The molecule has 0 amide bonds. The van der Waals surface area contributed by atoms with E-state index in [9.17, 15) is 0 Å². The Bertz CT molecular complexity index is 341. The molecular formula is C16H27N2+. The molecule has 0 N–H and O–H groups in total. The van der Waals surface area contributed by atoms with Crippen LogP contribution in [0, 0.1) is 0 Å². The van der Waals surface area contributed by atoms with Gasteiger partial charge in [0.2, 0.25) is 0 Å². The van der Waals surface area contributed by atoms with Crippen molar-refractivity contribution in [2.24, 2.45) is 0 Å². The summed E-state index contributed by atoms with van der Waals surface area (Å²) in [6.07, 6.45) is 4.26. The van der Waals surface area contributed by atoms with Gasteiger partial charge >= 0.3 is 0 Å². The lowest BCUT2D eigenvalue weighted by atomic mass is 10.1. The molecule has 1 aliphatic heterocycles. The van der Waals surface area contributed by atoms with E-state index in [0.29, 0.717) is 0 Å². The quantitative estimate of drug-likeness (QED) is 0.723. The van der Waals surface area contributed by atoms with E-state index in [1.807, 2.05) is 0 Å². The predicted molar refractivity (Wildman–Crippen MR) is 79.0 cm³/mol. The van der Waals surface area contributed by atoms with Gasteiger partial charge < -0.3 is 9.38 Å². The van der Waals surface area contributed by atoms with Crippen LogP contribution in [0.3, 0.4) is 0 Å². The molecule has 0 saturated carbocycles. The summed E-state index contributed by atoms with van der Waals surface area (Å²) in [4.78, 5) is 2.50. The summed E-state index contributed by atoms with van der Waals surface area (Å²) in [5, 5.41) is 0. The van der Waals surface area contributed by atoms with Gasteiger partial charge in [-0.2, -0.15) is 0 Å². The van der Waals surface area contributed by atoms with Gasteiger partial charge in [-0.3, -0.25) is 0 Å². The SMILES string of the molecule is CCN(CC[N+]1(C)CCCCC1)c1ccccc1. The molecule has 0 spiro atoms.